The van der Waals surface area contributed by atoms with Crippen LogP contribution in [0.2, 0.25) is 0 Å². The molecule has 250 valence electrons. The second kappa shape index (κ2) is 11.3. The molecule has 0 saturated carbocycles. The molecule has 2 aromatic carbocycles. The number of benzene rings is 2. The number of rotatable bonds is 6. The average Bonchev–Trinajstić information content (AvgIpc) is 3.70. The molecule has 1 unspecified atom stereocenters. The minimum Gasteiger partial charge on any atom is -0.508 e. The predicted octanol–water partition coefficient (Wildman–Crippen LogP) is 3.75. The van der Waals surface area contributed by atoms with Crippen LogP contribution in [-0.4, -0.2) is 98.4 Å². The summed E-state index contributed by atoms with van der Waals surface area (Å²) in [6, 6.07) is 5.88. The van der Waals surface area contributed by atoms with E-state index in [2.05, 4.69) is 27.2 Å². The number of aromatic nitrogens is 2. The molecular weight excluding hydrogens is 611 g/mol. The number of piperazine rings is 1. The summed E-state index contributed by atoms with van der Waals surface area (Å²) in [5.74, 6) is 2.69. The highest BCUT2D eigenvalue weighted by Crippen LogP contribution is 2.43. The summed E-state index contributed by atoms with van der Waals surface area (Å²) < 4.78 is 21.4. The van der Waals surface area contributed by atoms with Crippen LogP contribution >= 0.6 is 0 Å². The Bertz CT molecular complexity index is 1860. The van der Waals surface area contributed by atoms with E-state index < -0.39 is 17.5 Å². The molecule has 4 fully saturated rings. The second-order valence-electron chi connectivity index (χ2n) is 14.3. The molecule has 2 bridgehead atoms. The Morgan fingerprint density at radius 1 is 1.19 bits per heavy atom. The van der Waals surface area contributed by atoms with Crippen molar-refractivity contribution in [3.8, 4) is 24.1 Å². The molecule has 3 aromatic rings. The SMILES string of the molecule is C#Cc1c(F)ccc2cc(O)cc(N3CCc4c(nc(OCC56CCCN5CCC6)nc4N4C[C@H]5CC(C)(O)[C@@H](C4)N5C(=O)C=C)C3)c12. The van der Waals surface area contributed by atoms with Crippen LogP contribution in [0.4, 0.5) is 15.9 Å². The van der Waals surface area contributed by atoms with Crippen LogP contribution in [0, 0.1) is 18.2 Å². The topological polar surface area (TPSA) is 106 Å². The smallest absolute Gasteiger partial charge is 0.318 e. The molecular formula is C37H41FN6O4. The van der Waals surface area contributed by atoms with Crippen molar-refractivity contribution in [2.24, 2.45) is 0 Å². The molecule has 48 heavy (non-hydrogen) atoms. The highest BCUT2D eigenvalue weighted by atomic mass is 19.1. The molecule has 0 radical (unpaired) electrons. The van der Waals surface area contributed by atoms with Crippen molar-refractivity contribution in [1.82, 2.24) is 19.8 Å². The summed E-state index contributed by atoms with van der Waals surface area (Å²) in [5.41, 5.74) is 1.53. The predicted molar refractivity (Wildman–Crippen MR) is 181 cm³/mol. The highest BCUT2D eigenvalue weighted by molar-refractivity contribution is 6.00. The summed E-state index contributed by atoms with van der Waals surface area (Å²) in [6.45, 7) is 10.0. The number of aliphatic hydroxyl groups is 1. The van der Waals surface area contributed by atoms with Gasteiger partial charge >= 0.3 is 6.01 Å². The zero-order valence-corrected chi connectivity index (χ0v) is 27.3. The third kappa shape index (κ3) is 4.88. The molecule has 0 aliphatic carbocycles. The summed E-state index contributed by atoms with van der Waals surface area (Å²) in [6.07, 6.45) is 12.7. The van der Waals surface area contributed by atoms with Crippen molar-refractivity contribution in [3.05, 3.63) is 59.6 Å². The van der Waals surface area contributed by atoms with E-state index in [1.54, 1.807) is 30.0 Å². The number of carbonyl (C=O) groups excluding carboxylic acids is 1. The maximum absolute atomic E-state index is 14.9. The van der Waals surface area contributed by atoms with Crippen LogP contribution in [0.25, 0.3) is 10.8 Å². The lowest BCUT2D eigenvalue weighted by Crippen LogP contribution is -2.59. The fraction of sp³-hybridized carbons (Fsp3) is 0.486. The van der Waals surface area contributed by atoms with Gasteiger partial charge in [-0.25, -0.2) is 4.39 Å². The summed E-state index contributed by atoms with van der Waals surface area (Å²) in [7, 11) is 0. The van der Waals surface area contributed by atoms with E-state index in [-0.39, 0.29) is 28.8 Å². The van der Waals surface area contributed by atoms with Gasteiger partial charge in [-0.2, -0.15) is 9.97 Å². The lowest BCUT2D eigenvalue weighted by atomic mass is 9.95. The molecule has 8 rings (SSSR count). The fourth-order valence-corrected chi connectivity index (χ4v) is 9.23. The molecule has 0 spiro atoms. The number of fused-ring (bicyclic) bond motifs is 5. The Morgan fingerprint density at radius 2 is 1.98 bits per heavy atom. The van der Waals surface area contributed by atoms with Crippen molar-refractivity contribution in [2.45, 2.75) is 75.2 Å². The number of phenolic OH excluding ortho intramolecular Hbond substituents is 1. The van der Waals surface area contributed by atoms with E-state index in [0.717, 1.165) is 55.8 Å². The lowest BCUT2D eigenvalue weighted by Gasteiger charge is -2.43. The standard InChI is InChI=1S/C37H41FN6O4/c1-4-26-28(38)9-8-23-16-25(45)17-30(33(23)26)41-15-10-27-29(20-41)39-35(48-22-37-11-6-13-43(37)14-7-12-37)40-34(27)42-19-24-18-36(3,47)31(21-42)44(24)32(46)5-2/h1,5,8-9,16-17,24,31,45,47H,2,6-7,10-15,18-22H2,3H3/t24-,31-,36?/m1/s1. The molecule has 5 aliphatic rings. The van der Waals surface area contributed by atoms with E-state index in [9.17, 15) is 19.4 Å². The third-order valence-corrected chi connectivity index (χ3v) is 11.5. The van der Waals surface area contributed by atoms with Crippen LogP contribution in [-0.2, 0) is 17.8 Å². The number of terminal acetylenes is 1. The largest absolute Gasteiger partial charge is 0.508 e. The first-order chi connectivity index (χ1) is 23.1. The van der Waals surface area contributed by atoms with Gasteiger partial charge in [-0.1, -0.05) is 18.6 Å². The monoisotopic (exact) mass is 652 g/mol. The highest BCUT2D eigenvalue weighted by Gasteiger charge is 2.54. The minimum atomic E-state index is -1.05. The van der Waals surface area contributed by atoms with E-state index in [0.29, 0.717) is 68.1 Å². The fourth-order valence-electron chi connectivity index (χ4n) is 9.23. The maximum Gasteiger partial charge on any atom is 0.318 e. The van der Waals surface area contributed by atoms with Gasteiger partial charge in [-0.3, -0.25) is 9.69 Å². The molecule has 6 heterocycles. The van der Waals surface area contributed by atoms with Crippen LogP contribution in [0.3, 0.4) is 0 Å². The van der Waals surface area contributed by atoms with Crippen LogP contribution in [0.1, 0.15) is 55.8 Å². The number of hydrogen-bond donors (Lipinski definition) is 2. The number of hydrogen-bond acceptors (Lipinski definition) is 9. The number of aromatic hydroxyl groups is 1. The van der Waals surface area contributed by atoms with Crippen molar-refractivity contribution in [1.29, 1.82) is 0 Å². The Morgan fingerprint density at radius 3 is 2.71 bits per heavy atom. The van der Waals surface area contributed by atoms with E-state index in [4.69, 9.17) is 21.1 Å². The van der Waals surface area contributed by atoms with Gasteiger partial charge in [0.05, 0.1) is 41.0 Å². The Hall–Kier alpha value is -4.40. The first-order valence-electron chi connectivity index (χ1n) is 17.0. The normalized spacial score (nSPS) is 26.0. The van der Waals surface area contributed by atoms with Crippen LogP contribution in [0.15, 0.2) is 36.9 Å². The summed E-state index contributed by atoms with van der Waals surface area (Å²) in [5, 5.41) is 23.3. The third-order valence-electron chi connectivity index (χ3n) is 11.5. The number of halogens is 1. The second-order valence-corrected chi connectivity index (χ2v) is 14.3. The van der Waals surface area contributed by atoms with Crippen LogP contribution < -0.4 is 14.5 Å². The average molecular weight is 653 g/mol. The number of amides is 1. The van der Waals surface area contributed by atoms with Crippen molar-refractivity contribution in [2.75, 3.05) is 49.1 Å². The molecule has 1 amide bonds. The summed E-state index contributed by atoms with van der Waals surface area (Å²) >= 11 is 0. The van der Waals surface area contributed by atoms with E-state index in [1.807, 2.05) is 0 Å². The van der Waals surface area contributed by atoms with Gasteiger partial charge < -0.3 is 29.6 Å². The number of phenols is 1. The van der Waals surface area contributed by atoms with E-state index >= 15 is 0 Å². The van der Waals surface area contributed by atoms with E-state index in [1.165, 1.54) is 12.1 Å². The first kappa shape index (κ1) is 30.9. The van der Waals surface area contributed by atoms with Crippen LogP contribution in [0.5, 0.6) is 11.8 Å². The quantitative estimate of drug-likeness (QED) is 0.304. The molecule has 1 aromatic heterocycles. The lowest BCUT2D eigenvalue weighted by molar-refractivity contribution is -0.131. The van der Waals surface area contributed by atoms with Crippen molar-refractivity contribution < 1.29 is 24.1 Å². The van der Waals surface area contributed by atoms with Gasteiger partial charge in [0.15, 0.2) is 0 Å². The number of anilines is 2. The van der Waals surface area contributed by atoms with Gasteiger partial charge in [0.2, 0.25) is 5.91 Å². The molecule has 4 saturated heterocycles. The molecule has 10 nitrogen and oxygen atoms in total. The van der Waals surface area contributed by atoms with Gasteiger partial charge in [0, 0.05) is 48.8 Å². The number of carbonyl (C=O) groups is 1. The zero-order chi connectivity index (χ0) is 33.4. The summed E-state index contributed by atoms with van der Waals surface area (Å²) in [4.78, 5) is 31.5. The van der Waals surface area contributed by atoms with Gasteiger partial charge in [0.25, 0.3) is 0 Å². The molecule has 5 aliphatic heterocycles. The Balaban J connectivity index is 1.18. The Labute approximate surface area is 279 Å². The Kier molecular flexibility index (Phi) is 7.31. The first-order valence-corrected chi connectivity index (χ1v) is 17.0. The number of nitrogens with zero attached hydrogens (tertiary/aromatic N) is 6. The zero-order valence-electron chi connectivity index (χ0n) is 27.3. The molecule has 3 atom stereocenters. The van der Waals surface area contributed by atoms with Crippen molar-refractivity contribution in [3.63, 3.8) is 0 Å². The molecule has 2 N–H and O–H groups in total. The maximum atomic E-state index is 14.9. The van der Waals surface area contributed by atoms with Crippen molar-refractivity contribution >= 4 is 28.2 Å². The minimum absolute atomic E-state index is 0.0100. The number of ether oxygens (including phenoxy) is 1. The molecule has 11 heteroatoms. The van der Waals surface area contributed by atoms with Gasteiger partial charge in [-0.05, 0) is 75.7 Å². The van der Waals surface area contributed by atoms with Gasteiger partial charge in [0.1, 0.15) is 24.0 Å². The van der Waals surface area contributed by atoms with Gasteiger partial charge in [-0.15, -0.1) is 6.42 Å².